The summed E-state index contributed by atoms with van der Waals surface area (Å²) < 4.78 is 23.4. The maximum absolute atomic E-state index is 13.7. The van der Waals surface area contributed by atoms with Gasteiger partial charge in [-0.3, -0.25) is 0 Å². The Kier molecular flexibility index (Phi) is 16.9. The third kappa shape index (κ3) is 11.1. The van der Waals surface area contributed by atoms with E-state index in [9.17, 15) is 30.3 Å². The van der Waals surface area contributed by atoms with E-state index in [1.54, 1.807) is 45.1 Å². The molecule has 0 saturated carbocycles. The first-order chi connectivity index (χ1) is 23.0. The number of hydrogen-bond donors (Lipinski definition) is 5. The summed E-state index contributed by atoms with van der Waals surface area (Å²) in [5.74, 6) is -5.49. The second-order valence-electron chi connectivity index (χ2n) is 14.4. The molecule has 14 atom stereocenters. The Bertz CT molecular complexity index is 1210. The van der Waals surface area contributed by atoms with E-state index >= 15 is 0 Å². The van der Waals surface area contributed by atoms with E-state index in [-0.39, 0.29) is 35.9 Å². The summed E-state index contributed by atoms with van der Waals surface area (Å²) in [4.78, 5) is 13.7. The van der Waals surface area contributed by atoms with Crippen LogP contribution in [0.15, 0.2) is 59.4 Å². The van der Waals surface area contributed by atoms with Gasteiger partial charge in [-0.25, -0.2) is 4.79 Å². The topological polar surface area (TPSA) is 155 Å². The lowest BCUT2D eigenvalue weighted by atomic mass is 9.77. The van der Waals surface area contributed by atoms with Crippen LogP contribution in [0, 0.1) is 35.5 Å². The number of aliphatic hydroxyl groups is 5. The second-order valence-corrected chi connectivity index (χ2v) is 14.4. The van der Waals surface area contributed by atoms with Crippen molar-refractivity contribution in [3.05, 3.63) is 59.4 Å². The highest BCUT2D eigenvalue weighted by Gasteiger charge is 2.50. The van der Waals surface area contributed by atoms with Crippen molar-refractivity contribution < 1.29 is 49.3 Å². The number of carbonyl (C=O) groups excluding carboxylic acids is 1. The number of hydrogen-bond acceptors (Lipinski definition) is 10. The van der Waals surface area contributed by atoms with Gasteiger partial charge in [0.2, 0.25) is 5.76 Å². The molecule has 2 rings (SSSR count). The van der Waals surface area contributed by atoms with Gasteiger partial charge >= 0.3 is 5.97 Å². The van der Waals surface area contributed by atoms with Gasteiger partial charge in [0.05, 0.1) is 37.6 Å². The highest BCUT2D eigenvalue weighted by atomic mass is 16.6. The molecule has 0 spiro atoms. The number of rotatable bonds is 8. The van der Waals surface area contributed by atoms with Crippen molar-refractivity contribution in [1.82, 2.24) is 0 Å². The Balaban J connectivity index is 2.59. The van der Waals surface area contributed by atoms with Crippen LogP contribution in [-0.4, -0.2) is 94.2 Å². The van der Waals surface area contributed by atoms with Crippen molar-refractivity contribution in [2.24, 2.45) is 35.5 Å². The van der Waals surface area contributed by atoms with Crippen molar-refractivity contribution in [1.29, 1.82) is 0 Å². The maximum atomic E-state index is 13.7. The molecule has 5 N–H and O–H groups in total. The molecule has 2 aliphatic heterocycles. The summed E-state index contributed by atoms with van der Waals surface area (Å²) in [7, 11) is 2.84. The summed E-state index contributed by atoms with van der Waals surface area (Å²) in [6.45, 7) is 16.6. The predicted molar refractivity (Wildman–Crippen MR) is 190 cm³/mol. The van der Waals surface area contributed by atoms with Gasteiger partial charge in [0.15, 0.2) is 5.79 Å². The average molecular weight is 693 g/mol. The molecule has 49 heavy (non-hydrogen) atoms. The lowest BCUT2D eigenvalue weighted by molar-refractivity contribution is -0.313. The molecule has 280 valence electrons. The molecule has 0 aromatic carbocycles. The van der Waals surface area contributed by atoms with Gasteiger partial charge in [-0.15, -0.1) is 0 Å². The molecule has 0 aromatic heterocycles. The summed E-state index contributed by atoms with van der Waals surface area (Å²) >= 11 is 0. The van der Waals surface area contributed by atoms with E-state index in [1.165, 1.54) is 20.3 Å². The summed E-state index contributed by atoms with van der Waals surface area (Å²) in [5, 5.41) is 56.7. The number of cyclic esters (lactones) is 1. The van der Waals surface area contributed by atoms with Gasteiger partial charge < -0.3 is 44.5 Å². The van der Waals surface area contributed by atoms with Gasteiger partial charge in [-0.05, 0) is 45.6 Å². The molecule has 1 saturated heterocycles. The Morgan fingerprint density at radius 1 is 1.10 bits per heavy atom. The van der Waals surface area contributed by atoms with E-state index in [2.05, 4.69) is 0 Å². The monoisotopic (exact) mass is 692 g/mol. The van der Waals surface area contributed by atoms with Crippen LogP contribution in [-0.2, 0) is 23.7 Å². The zero-order valence-electron chi connectivity index (χ0n) is 31.4. The summed E-state index contributed by atoms with van der Waals surface area (Å²) in [6, 6.07) is 0. The molecular formula is C39H64O10. The largest absolute Gasteiger partial charge is 0.490 e. The van der Waals surface area contributed by atoms with Crippen LogP contribution in [0.2, 0.25) is 0 Å². The summed E-state index contributed by atoms with van der Waals surface area (Å²) in [5.41, 5.74) is 1.64. The first-order valence-electron chi connectivity index (χ1n) is 17.7. The molecule has 2 heterocycles. The minimum Gasteiger partial charge on any atom is -0.490 e. The van der Waals surface area contributed by atoms with Gasteiger partial charge in [-0.2, -0.15) is 0 Å². The first-order valence-corrected chi connectivity index (χ1v) is 17.7. The molecular weight excluding hydrogens is 628 g/mol. The number of aliphatic hydroxyl groups excluding tert-OH is 4. The standard InChI is InChI=1S/C39H64O10/c1-12-15-31-26(7)30(40)21-39(45,49-31)28(9)36(43)27(8)37-32(46-10)17-14-16-22(3)18-24(5)34(41)29(13-2)35(42)25(6)19-23(4)20-33(47-11)38(44)48-37/h12,14-17,19-20,24-32,34-37,40-43,45H,13,18,21H2,1-11H3/b15-12+,17-14+,22-16-,23-19-,33-20+/t24-,25-,26+,27+,28+,29+,30-,31-,32-,34+,35-,36-,37?,39-/m1/s1. The number of carbonyl (C=O) groups is 1. The quantitative estimate of drug-likeness (QED) is 0.173. The Hall–Kier alpha value is -2.31. The Labute approximate surface area is 294 Å². The van der Waals surface area contributed by atoms with E-state index in [0.717, 1.165) is 5.57 Å². The maximum Gasteiger partial charge on any atom is 0.373 e. The van der Waals surface area contributed by atoms with E-state index < -0.39 is 66.3 Å². The number of ether oxygens (including phenoxy) is 4. The highest BCUT2D eigenvalue weighted by Crippen LogP contribution is 2.40. The molecule has 0 bridgehead atoms. The van der Waals surface area contributed by atoms with Gasteiger partial charge in [0.25, 0.3) is 0 Å². The van der Waals surface area contributed by atoms with E-state index in [1.807, 2.05) is 53.7 Å². The van der Waals surface area contributed by atoms with Crippen LogP contribution in [0.5, 0.6) is 0 Å². The van der Waals surface area contributed by atoms with Crippen LogP contribution in [0.1, 0.15) is 81.6 Å². The summed E-state index contributed by atoms with van der Waals surface area (Å²) in [6.07, 6.45) is 7.35. The fourth-order valence-electron chi connectivity index (χ4n) is 7.18. The van der Waals surface area contributed by atoms with Crippen LogP contribution < -0.4 is 0 Å². The van der Waals surface area contributed by atoms with Crippen LogP contribution in [0.4, 0.5) is 0 Å². The van der Waals surface area contributed by atoms with E-state index in [4.69, 9.17) is 18.9 Å². The van der Waals surface area contributed by atoms with Crippen LogP contribution >= 0.6 is 0 Å². The van der Waals surface area contributed by atoms with Crippen molar-refractivity contribution in [3.63, 3.8) is 0 Å². The van der Waals surface area contributed by atoms with E-state index in [0.29, 0.717) is 18.4 Å². The van der Waals surface area contributed by atoms with Crippen molar-refractivity contribution in [2.75, 3.05) is 14.2 Å². The molecule has 1 fully saturated rings. The highest BCUT2D eigenvalue weighted by molar-refractivity contribution is 5.87. The number of esters is 1. The SMILES string of the molecule is C/C=C/[C@H]1O[C@@](O)([C@@H](C)[C@H](O)[C@H](C)C2OC(=O)/C(OC)=C\C(C)=C/[C@@H](C)[C@@H](O)[C@@H](CC)[C@@H](O)[C@H](C)C/C(C)=C\C=C\[C@H]2OC)C[C@@H](O)[C@@H]1C. The van der Waals surface area contributed by atoms with Crippen LogP contribution in [0.25, 0.3) is 0 Å². The molecule has 0 amide bonds. The molecule has 0 radical (unpaired) electrons. The minimum atomic E-state index is -1.86. The number of allylic oxidation sites excluding steroid dienone is 6. The van der Waals surface area contributed by atoms with Gasteiger partial charge in [0, 0.05) is 43.1 Å². The average Bonchev–Trinajstić information content (AvgIpc) is 3.05. The molecule has 0 aliphatic carbocycles. The van der Waals surface area contributed by atoms with Gasteiger partial charge in [0.1, 0.15) is 12.2 Å². The molecule has 2 aliphatic rings. The molecule has 0 aromatic rings. The fourth-order valence-corrected chi connectivity index (χ4v) is 7.18. The second kappa shape index (κ2) is 19.3. The van der Waals surface area contributed by atoms with Crippen molar-refractivity contribution in [2.45, 2.75) is 130 Å². The van der Waals surface area contributed by atoms with Gasteiger partial charge in [-0.1, -0.05) is 89.1 Å². The Morgan fingerprint density at radius 3 is 2.33 bits per heavy atom. The lowest BCUT2D eigenvalue weighted by Crippen LogP contribution is -2.58. The third-order valence-electron chi connectivity index (χ3n) is 10.6. The van der Waals surface area contributed by atoms with Crippen molar-refractivity contribution >= 4 is 5.97 Å². The zero-order chi connectivity index (χ0) is 37.2. The van der Waals surface area contributed by atoms with Crippen LogP contribution in [0.3, 0.4) is 0 Å². The third-order valence-corrected chi connectivity index (χ3v) is 10.6. The lowest BCUT2D eigenvalue weighted by Gasteiger charge is -2.47. The first kappa shape index (κ1) is 42.9. The molecule has 10 nitrogen and oxygen atoms in total. The predicted octanol–water partition coefficient (Wildman–Crippen LogP) is 5.00. The zero-order valence-corrected chi connectivity index (χ0v) is 31.4. The Morgan fingerprint density at radius 2 is 1.76 bits per heavy atom. The smallest absolute Gasteiger partial charge is 0.373 e. The van der Waals surface area contributed by atoms with Crippen molar-refractivity contribution in [3.8, 4) is 0 Å². The minimum absolute atomic E-state index is 0.0906. The fraction of sp³-hybridized carbons (Fsp3) is 0.718. The molecule has 1 unspecified atom stereocenters. The molecule has 10 heteroatoms. The number of methoxy groups -OCH3 is 2. The normalized spacial score (nSPS) is 41.8.